The molecule has 1 unspecified atom stereocenters. The predicted octanol–water partition coefficient (Wildman–Crippen LogP) is 3.66. The van der Waals surface area contributed by atoms with Crippen molar-refractivity contribution in [3.8, 4) is 5.75 Å². The van der Waals surface area contributed by atoms with Gasteiger partial charge in [0.25, 0.3) is 0 Å². The van der Waals surface area contributed by atoms with Crippen molar-refractivity contribution in [3.05, 3.63) is 77.0 Å². The summed E-state index contributed by atoms with van der Waals surface area (Å²) in [5, 5.41) is 0. The highest BCUT2D eigenvalue weighted by Crippen LogP contribution is 2.50. The van der Waals surface area contributed by atoms with Gasteiger partial charge in [0, 0.05) is 31.1 Å². The maximum atomic E-state index is 13.6. The number of carbonyl (C=O) groups excluding carboxylic acids is 3. The van der Waals surface area contributed by atoms with Crippen molar-refractivity contribution < 1.29 is 23.9 Å². The molecular weight excluding hydrogens is 394 g/mol. The lowest BCUT2D eigenvalue weighted by molar-refractivity contribution is -0.167. The molecule has 31 heavy (non-hydrogen) atoms. The monoisotopic (exact) mass is 419 g/mol. The number of esters is 1. The molecule has 1 saturated heterocycles. The highest BCUT2D eigenvalue weighted by Gasteiger charge is 2.62. The number of nitrogens with zero attached hydrogens (tertiary/aromatic N) is 1. The lowest BCUT2D eigenvalue weighted by Crippen LogP contribution is -2.58. The van der Waals surface area contributed by atoms with E-state index in [1.54, 1.807) is 55.6 Å². The van der Waals surface area contributed by atoms with Gasteiger partial charge in [0.1, 0.15) is 5.75 Å². The van der Waals surface area contributed by atoms with E-state index < -0.39 is 17.4 Å². The van der Waals surface area contributed by atoms with Crippen LogP contribution in [0.1, 0.15) is 42.1 Å². The van der Waals surface area contributed by atoms with E-state index in [2.05, 4.69) is 0 Å². The van der Waals surface area contributed by atoms with Crippen molar-refractivity contribution in [1.29, 1.82) is 0 Å². The summed E-state index contributed by atoms with van der Waals surface area (Å²) in [5.41, 5.74) is -0.0725. The van der Waals surface area contributed by atoms with E-state index in [4.69, 9.17) is 9.47 Å². The third kappa shape index (κ3) is 3.52. The predicted molar refractivity (Wildman–Crippen MR) is 115 cm³/mol. The van der Waals surface area contributed by atoms with Gasteiger partial charge in [-0.2, -0.15) is 0 Å². The molecule has 1 aliphatic heterocycles. The number of piperidine rings is 1. The molecule has 2 aliphatic rings. The number of carbonyl (C=O) groups is 3. The van der Waals surface area contributed by atoms with Crippen LogP contribution in [0.4, 0.5) is 0 Å². The Hall–Kier alpha value is -3.41. The third-order valence-corrected chi connectivity index (χ3v) is 5.85. The summed E-state index contributed by atoms with van der Waals surface area (Å²) in [4.78, 5) is 41.1. The fourth-order valence-corrected chi connectivity index (χ4v) is 4.41. The summed E-state index contributed by atoms with van der Waals surface area (Å²) < 4.78 is 11.0. The first-order valence-corrected chi connectivity index (χ1v) is 10.5. The van der Waals surface area contributed by atoms with Crippen LogP contribution in [-0.2, 0) is 19.9 Å². The highest BCUT2D eigenvalue weighted by molar-refractivity contribution is 6.34. The second-order valence-corrected chi connectivity index (χ2v) is 7.80. The minimum Gasteiger partial charge on any atom is -0.497 e. The summed E-state index contributed by atoms with van der Waals surface area (Å²) in [6.45, 7) is 2.68. The van der Waals surface area contributed by atoms with Crippen molar-refractivity contribution >= 4 is 17.5 Å². The van der Waals surface area contributed by atoms with Gasteiger partial charge in [0.2, 0.25) is 11.4 Å². The van der Waals surface area contributed by atoms with E-state index in [1.165, 1.54) is 6.92 Å². The van der Waals surface area contributed by atoms with Gasteiger partial charge in [-0.15, -0.1) is 0 Å². The number of ketones is 2. The minimum atomic E-state index is -1.62. The Morgan fingerprint density at radius 1 is 0.935 bits per heavy atom. The summed E-state index contributed by atoms with van der Waals surface area (Å²) in [6, 6.07) is 15.6. The van der Waals surface area contributed by atoms with Crippen molar-refractivity contribution in [2.24, 2.45) is 0 Å². The van der Waals surface area contributed by atoms with Gasteiger partial charge in [0.05, 0.1) is 18.4 Å². The SMILES string of the molecule is COc1ccc(C2(OC(C)=O)C(=O)C(C(=O)c3ccccc3)=C2N2CCCCC2)cc1. The molecule has 0 aromatic heterocycles. The molecule has 1 aliphatic carbocycles. The third-order valence-electron chi connectivity index (χ3n) is 5.85. The Morgan fingerprint density at radius 3 is 2.16 bits per heavy atom. The Kier molecular flexibility index (Phi) is 5.63. The maximum absolute atomic E-state index is 13.6. The van der Waals surface area contributed by atoms with Crippen LogP contribution in [0.3, 0.4) is 0 Å². The number of Topliss-reactive ketones (excluding diaryl/α,β-unsaturated/α-hetero) is 2. The van der Waals surface area contributed by atoms with Crippen LogP contribution in [-0.4, -0.2) is 42.6 Å². The van der Waals surface area contributed by atoms with Crippen molar-refractivity contribution in [3.63, 3.8) is 0 Å². The average molecular weight is 419 g/mol. The minimum absolute atomic E-state index is 0.102. The van der Waals surface area contributed by atoms with Crippen LogP contribution in [0.2, 0.25) is 0 Å². The zero-order valence-corrected chi connectivity index (χ0v) is 17.7. The molecule has 2 aromatic carbocycles. The molecule has 0 N–H and O–H groups in total. The molecule has 6 heteroatoms. The number of methoxy groups -OCH3 is 1. The Balaban J connectivity index is 1.90. The van der Waals surface area contributed by atoms with Crippen LogP contribution in [0.15, 0.2) is 65.9 Å². The molecule has 1 atom stereocenters. The van der Waals surface area contributed by atoms with E-state index in [-0.39, 0.29) is 11.4 Å². The second kappa shape index (κ2) is 8.38. The van der Waals surface area contributed by atoms with Gasteiger partial charge in [-0.1, -0.05) is 42.5 Å². The standard InChI is InChI=1S/C25H25NO5/c1-17(27)31-25(19-11-13-20(30-2)14-12-19)23(26-15-7-4-8-16-26)21(24(25)29)22(28)18-9-5-3-6-10-18/h3,5-6,9-14H,4,7-8,15-16H2,1-2H3. The quantitative estimate of drug-likeness (QED) is 0.404. The zero-order chi connectivity index (χ0) is 22.0. The fraction of sp³-hybridized carbons (Fsp3) is 0.320. The Morgan fingerprint density at radius 2 is 1.58 bits per heavy atom. The molecule has 0 radical (unpaired) electrons. The molecule has 2 aromatic rings. The first kappa shape index (κ1) is 20.8. The molecule has 1 fully saturated rings. The number of benzene rings is 2. The normalized spacial score (nSPS) is 20.8. The number of hydrogen-bond donors (Lipinski definition) is 0. The molecule has 0 amide bonds. The second-order valence-electron chi connectivity index (χ2n) is 7.80. The molecule has 1 heterocycles. The van der Waals surface area contributed by atoms with Crippen LogP contribution in [0.25, 0.3) is 0 Å². The summed E-state index contributed by atoms with van der Waals surface area (Å²) in [6.07, 6.45) is 2.98. The van der Waals surface area contributed by atoms with Gasteiger partial charge in [-0.3, -0.25) is 14.4 Å². The smallest absolute Gasteiger partial charge is 0.304 e. The molecule has 4 rings (SSSR count). The van der Waals surface area contributed by atoms with Crippen molar-refractivity contribution in [1.82, 2.24) is 4.90 Å². The maximum Gasteiger partial charge on any atom is 0.304 e. The van der Waals surface area contributed by atoms with Gasteiger partial charge >= 0.3 is 5.97 Å². The Bertz CT molecular complexity index is 1040. The van der Waals surface area contributed by atoms with Gasteiger partial charge in [-0.05, 0) is 31.4 Å². The van der Waals surface area contributed by atoms with Crippen molar-refractivity contribution in [2.45, 2.75) is 31.8 Å². The number of ether oxygens (including phenoxy) is 2. The van der Waals surface area contributed by atoms with Gasteiger partial charge < -0.3 is 14.4 Å². The first-order valence-electron chi connectivity index (χ1n) is 10.5. The number of hydrogen-bond acceptors (Lipinski definition) is 6. The zero-order valence-electron chi connectivity index (χ0n) is 17.7. The number of likely N-dealkylation sites (tertiary alicyclic amines) is 1. The van der Waals surface area contributed by atoms with Gasteiger partial charge in [0.15, 0.2) is 5.78 Å². The van der Waals surface area contributed by atoms with E-state index in [1.807, 2.05) is 11.0 Å². The topological polar surface area (TPSA) is 72.9 Å². The average Bonchev–Trinajstić information content (AvgIpc) is 2.81. The molecule has 0 bridgehead atoms. The van der Waals surface area contributed by atoms with E-state index >= 15 is 0 Å². The van der Waals surface area contributed by atoms with Crippen LogP contribution in [0.5, 0.6) is 5.75 Å². The first-order chi connectivity index (χ1) is 15.0. The Labute approximate surface area is 181 Å². The molecule has 6 nitrogen and oxygen atoms in total. The molecule has 0 spiro atoms. The number of rotatable bonds is 6. The van der Waals surface area contributed by atoms with Gasteiger partial charge in [-0.25, -0.2) is 0 Å². The highest BCUT2D eigenvalue weighted by atomic mass is 16.6. The lowest BCUT2D eigenvalue weighted by Gasteiger charge is -2.48. The molecule has 0 saturated carbocycles. The summed E-state index contributed by atoms with van der Waals surface area (Å²) in [5.74, 6) is -0.785. The van der Waals surface area contributed by atoms with Crippen LogP contribution >= 0.6 is 0 Å². The molecular formula is C25H25NO5. The van der Waals surface area contributed by atoms with Crippen LogP contribution in [0, 0.1) is 0 Å². The fourth-order valence-electron chi connectivity index (χ4n) is 4.41. The lowest BCUT2D eigenvalue weighted by atomic mass is 9.68. The van der Waals surface area contributed by atoms with Crippen molar-refractivity contribution in [2.75, 3.05) is 20.2 Å². The van der Waals surface area contributed by atoms with E-state index in [9.17, 15) is 14.4 Å². The summed E-state index contributed by atoms with van der Waals surface area (Å²) in [7, 11) is 1.56. The largest absolute Gasteiger partial charge is 0.497 e. The van der Waals surface area contributed by atoms with E-state index in [0.717, 1.165) is 19.3 Å². The molecule has 160 valence electrons. The van der Waals surface area contributed by atoms with Crippen LogP contribution < -0.4 is 4.74 Å². The summed E-state index contributed by atoms with van der Waals surface area (Å²) >= 11 is 0. The van der Waals surface area contributed by atoms with E-state index in [0.29, 0.717) is 35.7 Å².